The quantitative estimate of drug-likeness (QED) is 0.846. The Bertz CT molecular complexity index is 510. The van der Waals surface area contributed by atoms with E-state index in [1.165, 1.54) is 0 Å². The number of nitrogens with zero attached hydrogens (tertiary/aromatic N) is 1. The fourth-order valence-electron chi connectivity index (χ4n) is 2.88. The minimum absolute atomic E-state index is 0.00471. The molecule has 0 saturated carbocycles. The zero-order valence-corrected chi connectivity index (χ0v) is 14.0. The fraction of sp³-hybridized carbons (Fsp3) is 0.556. The van der Waals surface area contributed by atoms with Crippen LogP contribution >= 0.6 is 0 Å². The first-order chi connectivity index (χ1) is 11.1. The molecule has 1 aliphatic heterocycles. The van der Waals surface area contributed by atoms with Crippen LogP contribution in [0, 0.1) is 5.92 Å². The second-order valence-corrected chi connectivity index (χ2v) is 6.13. The van der Waals surface area contributed by atoms with Crippen molar-refractivity contribution in [3.05, 3.63) is 30.3 Å². The second kappa shape index (κ2) is 8.67. The van der Waals surface area contributed by atoms with E-state index in [2.05, 4.69) is 22.5 Å². The lowest BCUT2D eigenvalue weighted by Crippen LogP contribution is -2.48. The van der Waals surface area contributed by atoms with Gasteiger partial charge in [0.05, 0.1) is 6.04 Å². The molecule has 1 aromatic rings. The number of carbonyl (C=O) groups is 2. The van der Waals surface area contributed by atoms with Crippen LogP contribution in [0.15, 0.2) is 30.3 Å². The molecule has 2 amide bonds. The number of carbonyl (C=O) groups excluding carboxylic acids is 2. The molecular formula is C18H27N3O2. The molecule has 23 heavy (non-hydrogen) atoms. The van der Waals surface area contributed by atoms with Gasteiger partial charge < -0.3 is 10.6 Å². The van der Waals surface area contributed by atoms with Crippen LogP contribution in [-0.2, 0) is 9.59 Å². The maximum Gasteiger partial charge on any atom is 0.241 e. The lowest BCUT2D eigenvalue weighted by molar-refractivity contribution is -0.127. The summed E-state index contributed by atoms with van der Waals surface area (Å²) in [6.07, 6.45) is 2.60. The lowest BCUT2D eigenvalue weighted by atomic mass is 9.95. The standard InChI is InChI=1S/C18H27N3O2/c1-3-11-19-18(23)15-9-12-21(13-10-15)14(2)17(22)20-16-7-5-4-6-8-16/h4-8,14-15H,3,9-13H2,1-2H3,(H,19,23)(H,20,22). The highest BCUT2D eigenvalue weighted by Gasteiger charge is 2.29. The van der Waals surface area contributed by atoms with Crippen LogP contribution in [0.5, 0.6) is 0 Å². The molecule has 2 rings (SSSR count). The fourth-order valence-corrected chi connectivity index (χ4v) is 2.88. The Balaban J connectivity index is 1.80. The van der Waals surface area contributed by atoms with Crippen molar-refractivity contribution < 1.29 is 9.59 Å². The Morgan fingerprint density at radius 1 is 1.22 bits per heavy atom. The number of hydrogen-bond acceptors (Lipinski definition) is 3. The van der Waals surface area contributed by atoms with E-state index in [1.54, 1.807) is 0 Å². The number of likely N-dealkylation sites (tertiary alicyclic amines) is 1. The summed E-state index contributed by atoms with van der Waals surface area (Å²) in [6, 6.07) is 9.31. The number of piperidine rings is 1. The largest absolute Gasteiger partial charge is 0.356 e. The van der Waals surface area contributed by atoms with E-state index in [9.17, 15) is 9.59 Å². The summed E-state index contributed by atoms with van der Waals surface area (Å²) in [5.74, 6) is 0.250. The molecule has 1 heterocycles. The first-order valence-corrected chi connectivity index (χ1v) is 8.49. The number of nitrogens with one attached hydrogen (secondary N) is 2. The maximum absolute atomic E-state index is 12.3. The van der Waals surface area contributed by atoms with E-state index >= 15 is 0 Å². The molecule has 0 aromatic heterocycles. The molecule has 2 N–H and O–H groups in total. The van der Waals surface area contributed by atoms with Crippen molar-refractivity contribution in [1.29, 1.82) is 0 Å². The normalized spacial score (nSPS) is 17.5. The first kappa shape index (κ1) is 17.5. The highest BCUT2D eigenvalue weighted by Crippen LogP contribution is 2.20. The predicted octanol–water partition coefficient (Wildman–Crippen LogP) is 2.25. The summed E-state index contributed by atoms with van der Waals surface area (Å²) in [4.78, 5) is 26.5. The average molecular weight is 317 g/mol. The Labute approximate surface area is 138 Å². The highest BCUT2D eigenvalue weighted by atomic mass is 16.2. The zero-order chi connectivity index (χ0) is 16.7. The SMILES string of the molecule is CCCNC(=O)C1CCN(C(C)C(=O)Nc2ccccc2)CC1. The third kappa shape index (κ3) is 5.06. The second-order valence-electron chi connectivity index (χ2n) is 6.13. The topological polar surface area (TPSA) is 61.4 Å². The minimum atomic E-state index is -0.185. The molecule has 0 aliphatic carbocycles. The maximum atomic E-state index is 12.3. The smallest absolute Gasteiger partial charge is 0.241 e. The Morgan fingerprint density at radius 2 is 1.87 bits per heavy atom. The number of benzene rings is 1. The molecule has 1 unspecified atom stereocenters. The van der Waals surface area contributed by atoms with Gasteiger partial charge in [-0.1, -0.05) is 25.1 Å². The molecule has 1 saturated heterocycles. The van der Waals surface area contributed by atoms with Gasteiger partial charge in [-0.15, -0.1) is 0 Å². The van der Waals surface area contributed by atoms with Gasteiger partial charge in [0, 0.05) is 18.2 Å². The van der Waals surface area contributed by atoms with E-state index < -0.39 is 0 Å². The Hall–Kier alpha value is -1.88. The van der Waals surface area contributed by atoms with E-state index in [4.69, 9.17) is 0 Å². The number of hydrogen-bond donors (Lipinski definition) is 2. The van der Waals surface area contributed by atoms with Crippen molar-refractivity contribution in [3.63, 3.8) is 0 Å². The van der Waals surface area contributed by atoms with Crippen molar-refractivity contribution in [2.45, 2.75) is 39.2 Å². The van der Waals surface area contributed by atoms with Gasteiger partial charge in [-0.25, -0.2) is 0 Å². The van der Waals surface area contributed by atoms with Crippen LogP contribution in [0.2, 0.25) is 0 Å². The number of anilines is 1. The van der Waals surface area contributed by atoms with E-state index in [0.717, 1.165) is 44.6 Å². The van der Waals surface area contributed by atoms with Crippen LogP contribution in [0.4, 0.5) is 5.69 Å². The third-order valence-corrected chi connectivity index (χ3v) is 4.42. The molecular weight excluding hydrogens is 290 g/mol. The monoisotopic (exact) mass is 317 g/mol. The van der Waals surface area contributed by atoms with Gasteiger partial charge in [0.15, 0.2) is 0 Å². The predicted molar refractivity (Wildman–Crippen MR) is 92.1 cm³/mol. The van der Waals surface area contributed by atoms with Gasteiger partial charge in [0.25, 0.3) is 0 Å². The van der Waals surface area contributed by atoms with E-state index in [1.807, 2.05) is 37.3 Å². The van der Waals surface area contributed by atoms with E-state index in [-0.39, 0.29) is 23.8 Å². The molecule has 0 radical (unpaired) electrons. The van der Waals surface area contributed by atoms with Gasteiger partial charge in [0.2, 0.25) is 11.8 Å². The van der Waals surface area contributed by atoms with Gasteiger partial charge in [0.1, 0.15) is 0 Å². The molecule has 1 aromatic carbocycles. The molecule has 1 fully saturated rings. The van der Waals surface area contributed by atoms with Crippen LogP contribution in [0.25, 0.3) is 0 Å². The van der Waals surface area contributed by atoms with Gasteiger partial charge in [-0.3, -0.25) is 14.5 Å². The number of amides is 2. The van der Waals surface area contributed by atoms with Crippen LogP contribution in [-0.4, -0.2) is 42.4 Å². The lowest BCUT2D eigenvalue weighted by Gasteiger charge is -2.34. The molecule has 1 atom stereocenters. The van der Waals surface area contributed by atoms with E-state index in [0.29, 0.717) is 0 Å². The molecule has 0 spiro atoms. The summed E-state index contributed by atoms with van der Waals surface area (Å²) in [7, 11) is 0. The number of rotatable bonds is 6. The summed E-state index contributed by atoms with van der Waals surface area (Å²) < 4.78 is 0. The van der Waals surface area contributed by atoms with Crippen molar-refractivity contribution in [3.8, 4) is 0 Å². The summed E-state index contributed by atoms with van der Waals surface area (Å²) >= 11 is 0. The molecule has 1 aliphatic rings. The van der Waals surface area contributed by atoms with Gasteiger partial charge in [-0.2, -0.15) is 0 Å². The van der Waals surface area contributed by atoms with Gasteiger partial charge >= 0.3 is 0 Å². The zero-order valence-electron chi connectivity index (χ0n) is 14.0. The number of para-hydroxylation sites is 1. The molecule has 5 heteroatoms. The van der Waals surface area contributed by atoms with Crippen LogP contribution in [0.1, 0.15) is 33.1 Å². The van der Waals surface area contributed by atoms with Crippen molar-refractivity contribution >= 4 is 17.5 Å². The van der Waals surface area contributed by atoms with Crippen LogP contribution in [0.3, 0.4) is 0 Å². The molecule has 126 valence electrons. The average Bonchev–Trinajstić information content (AvgIpc) is 2.60. The first-order valence-electron chi connectivity index (χ1n) is 8.49. The van der Waals surface area contributed by atoms with Crippen LogP contribution < -0.4 is 10.6 Å². The molecule has 0 bridgehead atoms. The van der Waals surface area contributed by atoms with Crippen molar-refractivity contribution in [2.24, 2.45) is 5.92 Å². The van der Waals surface area contributed by atoms with Crippen molar-refractivity contribution in [1.82, 2.24) is 10.2 Å². The summed E-state index contributed by atoms with van der Waals surface area (Å²) in [5, 5.41) is 5.91. The third-order valence-electron chi connectivity index (χ3n) is 4.42. The summed E-state index contributed by atoms with van der Waals surface area (Å²) in [5.41, 5.74) is 0.818. The van der Waals surface area contributed by atoms with Gasteiger partial charge in [-0.05, 0) is 51.4 Å². The Morgan fingerprint density at radius 3 is 2.48 bits per heavy atom. The van der Waals surface area contributed by atoms with Crippen molar-refractivity contribution in [2.75, 3.05) is 25.0 Å². The summed E-state index contributed by atoms with van der Waals surface area (Å²) in [6.45, 7) is 6.29. The highest BCUT2D eigenvalue weighted by molar-refractivity contribution is 5.94. The minimum Gasteiger partial charge on any atom is -0.356 e. The Kier molecular flexibility index (Phi) is 6.59. The molecule has 5 nitrogen and oxygen atoms in total.